The quantitative estimate of drug-likeness (QED) is 0.874. The maximum atomic E-state index is 12.0. The van der Waals surface area contributed by atoms with Crippen LogP contribution in [-0.2, 0) is 13.1 Å². The first-order valence-electron chi connectivity index (χ1n) is 8.33. The number of thiazole rings is 1. The molecule has 3 heterocycles. The third-order valence-electron chi connectivity index (χ3n) is 4.22. The van der Waals surface area contributed by atoms with Crippen molar-refractivity contribution in [3.63, 3.8) is 0 Å². The van der Waals surface area contributed by atoms with Gasteiger partial charge in [0.25, 0.3) is 0 Å². The number of anilines is 1. The van der Waals surface area contributed by atoms with Crippen molar-refractivity contribution in [3.8, 4) is 0 Å². The predicted octanol–water partition coefficient (Wildman–Crippen LogP) is 2.84. The van der Waals surface area contributed by atoms with Crippen molar-refractivity contribution in [2.24, 2.45) is 0 Å². The molecule has 0 bridgehead atoms. The number of aromatic nitrogens is 2. The number of amides is 2. The lowest BCUT2D eigenvalue weighted by Crippen LogP contribution is -2.36. The summed E-state index contributed by atoms with van der Waals surface area (Å²) < 4.78 is 0. The summed E-state index contributed by atoms with van der Waals surface area (Å²) in [6.07, 6.45) is 5.52. The Hall–Kier alpha value is -2.15. The molecule has 1 aliphatic heterocycles. The van der Waals surface area contributed by atoms with Gasteiger partial charge in [0.2, 0.25) is 0 Å². The molecule has 3 rings (SSSR count). The zero-order valence-electron chi connectivity index (χ0n) is 13.9. The van der Waals surface area contributed by atoms with E-state index in [1.807, 2.05) is 25.3 Å². The fraction of sp³-hybridized carbons (Fsp3) is 0.471. The molecule has 0 aliphatic carbocycles. The molecule has 1 aliphatic rings. The second-order valence-electron chi connectivity index (χ2n) is 5.93. The van der Waals surface area contributed by atoms with E-state index in [-0.39, 0.29) is 6.03 Å². The summed E-state index contributed by atoms with van der Waals surface area (Å²) in [6, 6.07) is 3.78. The van der Waals surface area contributed by atoms with Crippen LogP contribution in [0.15, 0.2) is 23.8 Å². The molecule has 1 fully saturated rings. The molecule has 0 spiro atoms. The van der Waals surface area contributed by atoms with Crippen molar-refractivity contribution >= 4 is 23.2 Å². The summed E-state index contributed by atoms with van der Waals surface area (Å²) >= 11 is 1.56. The van der Waals surface area contributed by atoms with Gasteiger partial charge in [-0.2, -0.15) is 0 Å². The Labute approximate surface area is 146 Å². The summed E-state index contributed by atoms with van der Waals surface area (Å²) in [7, 11) is 0. The molecule has 2 N–H and O–H groups in total. The number of carbonyl (C=O) groups excluding carboxylic acids is 1. The number of hydrogen-bond acceptors (Lipinski definition) is 5. The minimum Gasteiger partial charge on any atom is -0.356 e. The van der Waals surface area contributed by atoms with Gasteiger partial charge in [-0.3, -0.25) is 0 Å². The second-order valence-corrected chi connectivity index (χ2v) is 6.87. The number of rotatable bonds is 5. The highest BCUT2D eigenvalue weighted by molar-refractivity contribution is 7.09. The van der Waals surface area contributed by atoms with Crippen LogP contribution in [0.5, 0.6) is 0 Å². The highest BCUT2D eigenvalue weighted by Gasteiger charge is 2.15. The van der Waals surface area contributed by atoms with Crippen molar-refractivity contribution in [1.29, 1.82) is 0 Å². The van der Waals surface area contributed by atoms with Crippen LogP contribution >= 0.6 is 11.3 Å². The van der Waals surface area contributed by atoms with Crippen LogP contribution in [-0.4, -0.2) is 29.1 Å². The summed E-state index contributed by atoms with van der Waals surface area (Å²) in [5, 5.41) is 5.81. The van der Waals surface area contributed by atoms with Crippen molar-refractivity contribution < 1.29 is 4.79 Å². The first kappa shape index (κ1) is 16.7. The van der Waals surface area contributed by atoms with Gasteiger partial charge in [-0.05, 0) is 32.3 Å². The molecule has 24 heavy (non-hydrogen) atoms. The van der Waals surface area contributed by atoms with E-state index in [1.165, 1.54) is 19.3 Å². The van der Waals surface area contributed by atoms with Gasteiger partial charge >= 0.3 is 6.03 Å². The fourth-order valence-corrected chi connectivity index (χ4v) is 3.57. The molecule has 6 nitrogen and oxygen atoms in total. The van der Waals surface area contributed by atoms with Crippen molar-refractivity contribution in [1.82, 2.24) is 20.6 Å². The smallest absolute Gasteiger partial charge is 0.315 e. The van der Waals surface area contributed by atoms with E-state index >= 15 is 0 Å². The highest BCUT2D eigenvalue weighted by Crippen LogP contribution is 2.21. The lowest BCUT2D eigenvalue weighted by atomic mass is 10.1. The molecule has 0 aromatic carbocycles. The number of carbonyl (C=O) groups is 1. The van der Waals surface area contributed by atoms with Gasteiger partial charge in [-0.25, -0.2) is 14.8 Å². The zero-order valence-corrected chi connectivity index (χ0v) is 14.7. The van der Waals surface area contributed by atoms with E-state index in [9.17, 15) is 4.79 Å². The number of urea groups is 1. The van der Waals surface area contributed by atoms with Crippen molar-refractivity contribution in [2.45, 2.75) is 39.3 Å². The number of pyridine rings is 1. The van der Waals surface area contributed by atoms with Crippen molar-refractivity contribution in [2.75, 3.05) is 18.0 Å². The molecule has 128 valence electrons. The fourth-order valence-electron chi connectivity index (χ4n) is 2.85. The molecule has 0 unspecified atom stereocenters. The normalized spacial score (nSPS) is 14.5. The standard InChI is InChI=1S/C17H23N5OS/c1-13-15(24-12-21-13)11-20-17(23)19-10-14-6-5-7-18-16(14)22-8-3-2-4-9-22/h5-7,12H,2-4,8-11H2,1H3,(H2,19,20,23). The molecular weight excluding hydrogens is 322 g/mol. The minimum absolute atomic E-state index is 0.170. The molecule has 2 aromatic rings. The Balaban J connectivity index is 1.54. The largest absolute Gasteiger partial charge is 0.356 e. The molecule has 0 radical (unpaired) electrons. The Morgan fingerprint density at radius 3 is 2.75 bits per heavy atom. The third kappa shape index (κ3) is 4.23. The second kappa shape index (κ2) is 8.10. The molecular formula is C17H23N5OS. The Morgan fingerprint density at radius 2 is 2.00 bits per heavy atom. The zero-order chi connectivity index (χ0) is 16.8. The van der Waals surface area contributed by atoms with Crippen LogP contribution < -0.4 is 15.5 Å². The molecule has 0 saturated carbocycles. The maximum Gasteiger partial charge on any atom is 0.315 e. The number of nitrogens with one attached hydrogen (secondary N) is 2. The first-order chi connectivity index (χ1) is 11.7. The Kier molecular flexibility index (Phi) is 5.63. The van der Waals surface area contributed by atoms with E-state index in [0.29, 0.717) is 13.1 Å². The van der Waals surface area contributed by atoms with Crippen LogP contribution in [0.2, 0.25) is 0 Å². The predicted molar refractivity (Wildman–Crippen MR) is 96.2 cm³/mol. The summed E-state index contributed by atoms with van der Waals surface area (Å²) in [4.78, 5) is 24.2. The van der Waals surface area contributed by atoms with Crippen LogP contribution in [0.3, 0.4) is 0 Å². The van der Waals surface area contributed by atoms with E-state index in [4.69, 9.17) is 0 Å². The number of nitrogens with zero attached hydrogens (tertiary/aromatic N) is 3. The lowest BCUT2D eigenvalue weighted by molar-refractivity contribution is 0.240. The minimum atomic E-state index is -0.170. The van der Waals surface area contributed by atoms with Gasteiger partial charge < -0.3 is 15.5 Å². The molecule has 0 atom stereocenters. The van der Waals surface area contributed by atoms with Gasteiger partial charge in [0, 0.05) is 36.3 Å². The van der Waals surface area contributed by atoms with Gasteiger partial charge in [0.05, 0.1) is 17.7 Å². The van der Waals surface area contributed by atoms with Gasteiger partial charge in [-0.1, -0.05) is 6.07 Å². The van der Waals surface area contributed by atoms with Gasteiger partial charge in [0.15, 0.2) is 0 Å². The van der Waals surface area contributed by atoms with Gasteiger partial charge in [-0.15, -0.1) is 11.3 Å². The van der Waals surface area contributed by atoms with Crippen LogP contribution in [0, 0.1) is 6.92 Å². The lowest BCUT2D eigenvalue weighted by Gasteiger charge is -2.29. The van der Waals surface area contributed by atoms with E-state index < -0.39 is 0 Å². The average Bonchev–Trinajstić information content (AvgIpc) is 3.04. The summed E-state index contributed by atoms with van der Waals surface area (Å²) in [6.45, 7) is 5.02. The topological polar surface area (TPSA) is 70.1 Å². The van der Waals surface area contributed by atoms with Crippen LogP contribution in [0.25, 0.3) is 0 Å². The molecule has 2 aromatic heterocycles. The number of piperidine rings is 1. The highest BCUT2D eigenvalue weighted by atomic mass is 32.1. The van der Waals surface area contributed by atoms with Crippen LogP contribution in [0.1, 0.15) is 35.4 Å². The molecule has 7 heteroatoms. The van der Waals surface area contributed by atoms with Crippen molar-refractivity contribution in [3.05, 3.63) is 40.0 Å². The SMILES string of the molecule is Cc1ncsc1CNC(=O)NCc1cccnc1N1CCCCC1. The number of hydrogen-bond donors (Lipinski definition) is 2. The van der Waals surface area contributed by atoms with E-state index in [0.717, 1.165) is 35.0 Å². The monoisotopic (exact) mass is 345 g/mol. The maximum absolute atomic E-state index is 12.0. The Bertz CT molecular complexity index is 681. The Morgan fingerprint density at radius 1 is 1.21 bits per heavy atom. The van der Waals surface area contributed by atoms with Gasteiger partial charge in [0.1, 0.15) is 5.82 Å². The van der Waals surface area contributed by atoms with E-state index in [1.54, 1.807) is 16.8 Å². The summed E-state index contributed by atoms with van der Waals surface area (Å²) in [5.74, 6) is 0.996. The summed E-state index contributed by atoms with van der Waals surface area (Å²) in [5.41, 5.74) is 3.83. The molecule has 2 amide bonds. The number of aryl methyl sites for hydroxylation is 1. The average molecular weight is 345 g/mol. The first-order valence-corrected chi connectivity index (χ1v) is 9.21. The molecule has 1 saturated heterocycles. The van der Waals surface area contributed by atoms with Crippen LogP contribution in [0.4, 0.5) is 10.6 Å². The van der Waals surface area contributed by atoms with E-state index in [2.05, 4.69) is 25.5 Å². The third-order valence-corrected chi connectivity index (χ3v) is 5.15.